The van der Waals surface area contributed by atoms with Crippen LogP contribution in [0.4, 0.5) is 5.82 Å². The quantitative estimate of drug-likeness (QED) is 0.774. The first-order chi connectivity index (χ1) is 9.11. The average Bonchev–Trinajstić information content (AvgIpc) is 2.77. The minimum Gasteiger partial charge on any atom is -0.353 e. The van der Waals surface area contributed by atoms with Gasteiger partial charge in [-0.3, -0.25) is 0 Å². The molecule has 0 radical (unpaired) electrons. The molecule has 19 heavy (non-hydrogen) atoms. The van der Waals surface area contributed by atoms with Crippen molar-refractivity contribution in [3.05, 3.63) is 30.1 Å². The number of halogens is 1. The fourth-order valence-corrected chi connectivity index (χ4v) is 4.06. The number of fused-ring (bicyclic) bond motifs is 1. The van der Waals surface area contributed by atoms with Crippen molar-refractivity contribution in [3.8, 4) is 0 Å². The summed E-state index contributed by atoms with van der Waals surface area (Å²) in [5, 5.41) is 0.691. The summed E-state index contributed by atoms with van der Waals surface area (Å²) in [7, 11) is -2.86. The van der Waals surface area contributed by atoms with E-state index >= 15 is 0 Å². The van der Waals surface area contributed by atoms with Crippen LogP contribution in [0.25, 0.3) is 5.65 Å². The first-order valence-electron chi connectivity index (χ1n) is 6.08. The summed E-state index contributed by atoms with van der Waals surface area (Å²) in [5.74, 6) is 1.31. The molecular formula is C12H14BrN3O2S. The van der Waals surface area contributed by atoms with E-state index in [9.17, 15) is 8.42 Å². The molecule has 0 bridgehead atoms. The van der Waals surface area contributed by atoms with Gasteiger partial charge >= 0.3 is 0 Å². The number of imidazole rings is 1. The lowest BCUT2D eigenvalue weighted by Crippen LogP contribution is -2.40. The molecule has 0 aliphatic carbocycles. The molecule has 0 aromatic carbocycles. The second-order valence-electron chi connectivity index (χ2n) is 4.58. The molecule has 3 heterocycles. The van der Waals surface area contributed by atoms with Gasteiger partial charge in [-0.2, -0.15) is 0 Å². The molecule has 0 amide bonds. The second kappa shape index (κ2) is 4.79. The Hall–Kier alpha value is -1.08. The number of anilines is 1. The molecule has 0 spiro atoms. The SMILES string of the molecule is O=S1(=O)CCN(c2nc3ccccn3c2CBr)CC1. The molecular weight excluding hydrogens is 330 g/mol. The molecule has 5 nitrogen and oxygen atoms in total. The van der Waals surface area contributed by atoms with Gasteiger partial charge in [0.1, 0.15) is 5.65 Å². The third kappa shape index (κ3) is 2.36. The van der Waals surface area contributed by atoms with Crippen LogP contribution in [0, 0.1) is 0 Å². The summed E-state index contributed by atoms with van der Waals surface area (Å²) in [6.45, 7) is 1.04. The van der Waals surface area contributed by atoms with Crippen molar-refractivity contribution < 1.29 is 8.42 Å². The zero-order valence-electron chi connectivity index (χ0n) is 10.3. The van der Waals surface area contributed by atoms with Crippen LogP contribution in [-0.4, -0.2) is 42.4 Å². The molecule has 1 saturated heterocycles. The number of hydrogen-bond acceptors (Lipinski definition) is 4. The van der Waals surface area contributed by atoms with E-state index in [1.165, 1.54) is 0 Å². The molecule has 0 unspecified atom stereocenters. The smallest absolute Gasteiger partial charge is 0.153 e. The van der Waals surface area contributed by atoms with Crippen LogP contribution in [0.2, 0.25) is 0 Å². The third-order valence-corrected chi connectivity index (χ3v) is 5.52. The lowest BCUT2D eigenvalue weighted by atomic mass is 10.4. The van der Waals surface area contributed by atoms with Crippen molar-refractivity contribution in [1.29, 1.82) is 0 Å². The van der Waals surface area contributed by atoms with Gasteiger partial charge in [0.25, 0.3) is 0 Å². The highest BCUT2D eigenvalue weighted by Gasteiger charge is 2.25. The molecule has 0 N–H and O–H groups in total. The minimum atomic E-state index is -2.86. The molecule has 1 aliphatic heterocycles. The first-order valence-corrected chi connectivity index (χ1v) is 9.02. The van der Waals surface area contributed by atoms with E-state index in [0.29, 0.717) is 18.4 Å². The van der Waals surface area contributed by atoms with Gasteiger partial charge in [0.05, 0.1) is 17.2 Å². The first kappa shape index (κ1) is 12.9. The summed E-state index contributed by atoms with van der Waals surface area (Å²) in [5.41, 5.74) is 1.95. The highest BCUT2D eigenvalue weighted by Crippen LogP contribution is 2.25. The van der Waals surface area contributed by atoms with Gasteiger partial charge in [-0.05, 0) is 12.1 Å². The fourth-order valence-electron chi connectivity index (χ4n) is 2.34. The Bertz CT molecular complexity index is 697. The highest BCUT2D eigenvalue weighted by atomic mass is 79.9. The van der Waals surface area contributed by atoms with Crippen LogP contribution in [0.1, 0.15) is 5.69 Å². The van der Waals surface area contributed by atoms with Crippen molar-refractivity contribution in [2.45, 2.75) is 5.33 Å². The number of rotatable bonds is 2. The Balaban J connectivity index is 2.01. The maximum Gasteiger partial charge on any atom is 0.153 e. The third-order valence-electron chi connectivity index (χ3n) is 3.38. The van der Waals surface area contributed by atoms with E-state index in [1.54, 1.807) is 0 Å². The largest absolute Gasteiger partial charge is 0.353 e. The van der Waals surface area contributed by atoms with Crippen LogP contribution in [0.3, 0.4) is 0 Å². The van der Waals surface area contributed by atoms with Crippen molar-refractivity contribution in [2.24, 2.45) is 0 Å². The molecule has 0 saturated carbocycles. The maximum absolute atomic E-state index is 11.5. The van der Waals surface area contributed by atoms with Gasteiger partial charge in [0.2, 0.25) is 0 Å². The topological polar surface area (TPSA) is 54.7 Å². The van der Waals surface area contributed by atoms with E-state index in [-0.39, 0.29) is 11.5 Å². The molecule has 0 atom stereocenters. The summed E-state index contributed by atoms with van der Waals surface area (Å²) in [6.07, 6.45) is 1.98. The van der Waals surface area contributed by atoms with Gasteiger partial charge in [-0.1, -0.05) is 22.0 Å². The van der Waals surface area contributed by atoms with E-state index < -0.39 is 9.84 Å². The van der Waals surface area contributed by atoms with Crippen molar-refractivity contribution in [3.63, 3.8) is 0 Å². The number of pyridine rings is 1. The van der Waals surface area contributed by atoms with E-state index in [0.717, 1.165) is 17.2 Å². The van der Waals surface area contributed by atoms with Crippen LogP contribution in [-0.2, 0) is 15.2 Å². The lowest BCUT2D eigenvalue weighted by Gasteiger charge is -2.27. The van der Waals surface area contributed by atoms with Crippen LogP contribution < -0.4 is 4.90 Å². The molecule has 2 aromatic rings. The number of nitrogens with zero attached hydrogens (tertiary/aromatic N) is 3. The Morgan fingerprint density at radius 3 is 2.68 bits per heavy atom. The van der Waals surface area contributed by atoms with Crippen molar-refractivity contribution in [2.75, 3.05) is 29.5 Å². The number of alkyl halides is 1. The molecule has 3 rings (SSSR count). The predicted molar refractivity (Wildman–Crippen MR) is 78.7 cm³/mol. The fraction of sp³-hybridized carbons (Fsp3) is 0.417. The monoisotopic (exact) mass is 343 g/mol. The summed E-state index contributed by atoms with van der Waals surface area (Å²) < 4.78 is 25.0. The molecule has 102 valence electrons. The highest BCUT2D eigenvalue weighted by molar-refractivity contribution is 9.08. The Labute approximate surface area is 120 Å². The van der Waals surface area contributed by atoms with Gasteiger partial charge < -0.3 is 9.30 Å². The lowest BCUT2D eigenvalue weighted by molar-refractivity contribution is 0.586. The zero-order valence-corrected chi connectivity index (χ0v) is 12.7. The predicted octanol–water partition coefficient (Wildman–Crippen LogP) is 1.46. The Morgan fingerprint density at radius 1 is 1.26 bits per heavy atom. The molecule has 1 aliphatic rings. The summed E-state index contributed by atoms with van der Waals surface area (Å²) in [4.78, 5) is 6.68. The Morgan fingerprint density at radius 2 is 2.00 bits per heavy atom. The molecule has 1 fully saturated rings. The normalized spacial score (nSPS) is 18.9. The number of sulfone groups is 1. The van der Waals surface area contributed by atoms with Crippen LogP contribution >= 0.6 is 15.9 Å². The van der Waals surface area contributed by atoms with Gasteiger partial charge in [-0.25, -0.2) is 13.4 Å². The Kier molecular flexibility index (Phi) is 3.26. The zero-order chi connectivity index (χ0) is 13.5. The van der Waals surface area contributed by atoms with Gasteiger partial charge in [0.15, 0.2) is 15.7 Å². The van der Waals surface area contributed by atoms with E-state index in [4.69, 9.17) is 0 Å². The summed E-state index contributed by atoms with van der Waals surface area (Å²) >= 11 is 3.49. The average molecular weight is 344 g/mol. The number of hydrogen-bond donors (Lipinski definition) is 0. The minimum absolute atomic E-state index is 0.211. The van der Waals surface area contributed by atoms with Crippen LogP contribution in [0.5, 0.6) is 0 Å². The molecule has 7 heteroatoms. The molecule has 2 aromatic heterocycles. The van der Waals surface area contributed by atoms with Crippen LogP contribution in [0.15, 0.2) is 24.4 Å². The second-order valence-corrected chi connectivity index (χ2v) is 7.45. The van der Waals surface area contributed by atoms with E-state index in [2.05, 4.69) is 25.8 Å². The summed E-state index contributed by atoms with van der Waals surface area (Å²) in [6, 6.07) is 5.87. The van der Waals surface area contributed by atoms with E-state index in [1.807, 2.05) is 28.8 Å². The number of aromatic nitrogens is 2. The maximum atomic E-state index is 11.5. The van der Waals surface area contributed by atoms with Gasteiger partial charge in [0, 0.05) is 24.6 Å². The standard InChI is InChI=1S/C12H14BrN3O2S/c13-9-10-12(14-11-3-1-2-4-16(10)11)15-5-7-19(17,18)8-6-15/h1-4H,5-9H2. The van der Waals surface area contributed by atoms with Gasteiger partial charge in [-0.15, -0.1) is 0 Å². The van der Waals surface area contributed by atoms with Crippen molar-refractivity contribution in [1.82, 2.24) is 9.38 Å². The van der Waals surface area contributed by atoms with Crippen molar-refractivity contribution >= 4 is 37.2 Å².